The van der Waals surface area contributed by atoms with Gasteiger partial charge in [-0.3, -0.25) is 4.79 Å². The molecule has 7 heteroatoms. The Kier molecular flexibility index (Phi) is 6.06. The van der Waals surface area contributed by atoms with Gasteiger partial charge in [0.2, 0.25) is 0 Å². The Morgan fingerprint density at radius 1 is 1.17 bits per heavy atom. The number of anilines is 1. The lowest BCUT2D eigenvalue weighted by Gasteiger charge is -2.11. The third-order valence-corrected chi connectivity index (χ3v) is 3.90. The lowest BCUT2D eigenvalue weighted by molar-refractivity contribution is -0.119. The van der Waals surface area contributed by atoms with E-state index < -0.39 is 18.5 Å². The lowest BCUT2D eigenvalue weighted by Crippen LogP contribution is -2.21. The van der Waals surface area contributed by atoms with Crippen molar-refractivity contribution in [1.82, 2.24) is 0 Å². The minimum Gasteiger partial charge on any atom is -0.496 e. The predicted molar refractivity (Wildman–Crippen MR) is 93.1 cm³/mol. The summed E-state index contributed by atoms with van der Waals surface area (Å²) in [6, 6.07) is 9.70. The minimum absolute atomic E-state index is 0.150. The summed E-state index contributed by atoms with van der Waals surface area (Å²) >= 11 is 11.9. The Morgan fingerprint density at radius 2 is 1.92 bits per heavy atom. The molecule has 0 radical (unpaired) electrons. The number of carbonyl (C=O) groups is 2. The summed E-state index contributed by atoms with van der Waals surface area (Å²) in [5, 5.41) is 3.54. The van der Waals surface area contributed by atoms with Crippen LogP contribution in [-0.4, -0.2) is 25.6 Å². The zero-order valence-corrected chi connectivity index (χ0v) is 14.6. The highest BCUT2D eigenvalue weighted by Gasteiger charge is 2.16. The van der Waals surface area contributed by atoms with Gasteiger partial charge < -0.3 is 14.8 Å². The maximum absolute atomic E-state index is 12.1. The van der Waals surface area contributed by atoms with Crippen molar-refractivity contribution in [3.05, 3.63) is 57.6 Å². The number of nitrogens with one attached hydrogen (secondary N) is 1. The van der Waals surface area contributed by atoms with Crippen molar-refractivity contribution >= 4 is 40.8 Å². The van der Waals surface area contributed by atoms with E-state index in [0.29, 0.717) is 21.5 Å². The zero-order valence-electron chi connectivity index (χ0n) is 13.1. The number of methoxy groups -OCH3 is 1. The van der Waals surface area contributed by atoms with Crippen molar-refractivity contribution in [2.24, 2.45) is 0 Å². The second kappa shape index (κ2) is 8.04. The van der Waals surface area contributed by atoms with Crippen LogP contribution in [0.15, 0.2) is 36.4 Å². The van der Waals surface area contributed by atoms with Crippen molar-refractivity contribution in [1.29, 1.82) is 0 Å². The average molecular weight is 368 g/mol. The fourth-order valence-electron chi connectivity index (χ4n) is 1.98. The number of benzene rings is 2. The van der Waals surface area contributed by atoms with Gasteiger partial charge in [-0.25, -0.2) is 4.79 Å². The van der Waals surface area contributed by atoms with Crippen LogP contribution >= 0.6 is 23.2 Å². The first-order valence-corrected chi connectivity index (χ1v) is 7.73. The molecule has 0 spiro atoms. The fraction of sp³-hybridized carbons (Fsp3) is 0.176. The molecule has 0 aliphatic heterocycles. The molecule has 2 aromatic rings. The quantitative estimate of drug-likeness (QED) is 0.807. The predicted octanol–water partition coefficient (Wildman–Crippen LogP) is 4.11. The van der Waals surface area contributed by atoms with Gasteiger partial charge >= 0.3 is 5.97 Å². The van der Waals surface area contributed by atoms with Crippen LogP contribution in [0.3, 0.4) is 0 Å². The number of hydrogen-bond donors (Lipinski definition) is 1. The third-order valence-electron chi connectivity index (χ3n) is 3.26. The summed E-state index contributed by atoms with van der Waals surface area (Å²) in [6.45, 7) is 1.33. The van der Waals surface area contributed by atoms with E-state index in [1.807, 2.05) is 0 Å². The van der Waals surface area contributed by atoms with Gasteiger partial charge in [-0.15, -0.1) is 0 Å². The standard InChI is InChI=1S/C17H15Cl2NO4/c1-10-13(19)4-3-5-14(10)20-16(21)9-24-17(22)12-8-11(18)6-7-15(12)23-2/h3-8H,9H2,1-2H3,(H,20,21). The molecular weight excluding hydrogens is 353 g/mol. The molecule has 0 fully saturated rings. The van der Waals surface area contributed by atoms with Crippen LogP contribution < -0.4 is 10.1 Å². The first-order valence-electron chi connectivity index (χ1n) is 6.98. The highest BCUT2D eigenvalue weighted by Crippen LogP contribution is 2.24. The zero-order chi connectivity index (χ0) is 17.7. The van der Waals surface area contributed by atoms with Gasteiger partial charge in [0.05, 0.1) is 7.11 Å². The van der Waals surface area contributed by atoms with Gasteiger partial charge in [0.25, 0.3) is 5.91 Å². The number of hydrogen-bond acceptors (Lipinski definition) is 4. The Labute approximate surface area is 149 Å². The molecule has 0 saturated carbocycles. The molecule has 0 unspecified atom stereocenters. The Bertz CT molecular complexity index is 777. The van der Waals surface area contributed by atoms with Gasteiger partial charge in [-0.05, 0) is 42.8 Å². The summed E-state index contributed by atoms with van der Waals surface area (Å²) in [4.78, 5) is 24.0. The fourth-order valence-corrected chi connectivity index (χ4v) is 2.32. The highest BCUT2D eigenvalue weighted by atomic mass is 35.5. The molecule has 0 saturated heterocycles. The summed E-state index contributed by atoms with van der Waals surface area (Å²) < 4.78 is 10.1. The number of halogens is 2. The van der Waals surface area contributed by atoms with Gasteiger partial charge in [-0.2, -0.15) is 0 Å². The van der Waals surface area contributed by atoms with Crippen LogP contribution in [0.4, 0.5) is 5.69 Å². The molecule has 0 aliphatic carbocycles. The maximum atomic E-state index is 12.1. The van der Waals surface area contributed by atoms with Crippen molar-refractivity contribution in [3.8, 4) is 5.75 Å². The van der Waals surface area contributed by atoms with Gasteiger partial charge in [0, 0.05) is 15.7 Å². The Hall–Kier alpha value is -2.24. The molecule has 0 aromatic heterocycles. The second-order valence-electron chi connectivity index (χ2n) is 4.88. The van der Waals surface area contributed by atoms with Gasteiger partial charge in [-0.1, -0.05) is 29.3 Å². The van der Waals surface area contributed by atoms with Crippen molar-refractivity contribution < 1.29 is 19.1 Å². The molecule has 5 nitrogen and oxygen atoms in total. The maximum Gasteiger partial charge on any atom is 0.342 e. The lowest BCUT2D eigenvalue weighted by atomic mass is 10.2. The third kappa shape index (κ3) is 4.40. The minimum atomic E-state index is -0.702. The molecule has 0 heterocycles. The van der Waals surface area contributed by atoms with Crippen LogP contribution in [0, 0.1) is 6.92 Å². The largest absolute Gasteiger partial charge is 0.496 e. The number of carbonyl (C=O) groups excluding carboxylic acids is 2. The molecule has 2 aromatic carbocycles. The first-order chi connectivity index (χ1) is 11.4. The van der Waals surface area contributed by atoms with Crippen molar-refractivity contribution in [3.63, 3.8) is 0 Å². The Balaban J connectivity index is 2.00. The number of esters is 1. The number of ether oxygens (including phenoxy) is 2. The van der Waals surface area contributed by atoms with E-state index in [9.17, 15) is 9.59 Å². The molecule has 0 bridgehead atoms. The van der Waals surface area contributed by atoms with E-state index in [4.69, 9.17) is 32.7 Å². The topological polar surface area (TPSA) is 64.6 Å². The molecule has 2 rings (SSSR count). The molecule has 0 aliphatic rings. The monoisotopic (exact) mass is 367 g/mol. The summed E-state index contributed by atoms with van der Waals surface area (Å²) in [7, 11) is 1.43. The van der Waals surface area contributed by atoms with Gasteiger partial charge in [0.1, 0.15) is 11.3 Å². The van der Waals surface area contributed by atoms with E-state index >= 15 is 0 Å². The SMILES string of the molecule is COc1ccc(Cl)cc1C(=O)OCC(=O)Nc1cccc(Cl)c1C. The second-order valence-corrected chi connectivity index (χ2v) is 5.72. The number of rotatable bonds is 5. The van der Waals surface area contributed by atoms with Crippen LogP contribution in [0.1, 0.15) is 15.9 Å². The van der Waals surface area contributed by atoms with Crippen LogP contribution in [-0.2, 0) is 9.53 Å². The van der Waals surface area contributed by atoms with E-state index in [0.717, 1.165) is 5.56 Å². The highest BCUT2D eigenvalue weighted by molar-refractivity contribution is 6.32. The van der Waals surface area contributed by atoms with E-state index in [1.54, 1.807) is 37.3 Å². The summed E-state index contributed by atoms with van der Waals surface area (Å²) in [5.41, 5.74) is 1.44. The van der Waals surface area contributed by atoms with Crippen molar-refractivity contribution in [2.75, 3.05) is 19.0 Å². The normalized spacial score (nSPS) is 10.2. The van der Waals surface area contributed by atoms with Crippen molar-refractivity contribution in [2.45, 2.75) is 6.92 Å². The molecule has 126 valence electrons. The summed E-state index contributed by atoms with van der Waals surface area (Å²) in [6.07, 6.45) is 0. The van der Waals surface area contributed by atoms with Crippen LogP contribution in [0.25, 0.3) is 0 Å². The summed E-state index contributed by atoms with van der Waals surface area (Å²) in [5.74, 6) is -0.863. The molecule has 24 heavy (non-hydrogen) atoms. The molecule has 1 N–H and O–H groups in total. The smallest absolute Gasteiger partial charge is 0.342 e. The average Bonchev–Trinajstić information content (AvgIpc) is 2.56. The van der Waals surface area contributed by atoms with E-state index in [1.165, 1.54) is 13.2 Å². The van der Waals surface area contributed by atoms with Crippen LogP contribution in [0.2, 0.25) is 10.0 Å². The van der Waals surface area contributed by atoms with E-state index in [-0.39, 0.29) is 5.56 Å². The molecular formula is C17H15Cl2NO4. The Morgan fingerprint density at radius 3 is 2.62 bits per heavy atom. The molecule has 0 atom stereocenters. The van der Waals surface area contributed by atoms with E-state index in [2.05, 4.69) is 5.32 Å². The number of amides is 1. The molecule has 1 amide bonds. The first kappa shape index (κ1) is 18.1. The van der Waals surface area contributed by atoms with Crippen LogP contribution in [0.5, 0.6) is 5.75 Å². The van der Waals surface area contributed by atoms with Gasteiger partial charge in [0.15, 0.2) is 6.61 Å².